The van der Waals surface area contributed by atoms with Crippen molar-refractivity contribution in [3.05, 3.63) is 72.3 Å². The summed E-state index contributed by atoms with van der Waals surface area (Å²) in [6.07, 6.45) is 5.33. The standard InChI is InChI=1S/C19H17N3O3/c20-12-16-5-4-15(13-22-7-6-21-14-22)10-19(16)25-18-3-1-2-17(11-18)24-9-8-23/h1-7,10-11,14,23H,8-9,13H2. The molecular formula is C19H17N3O3. The van der Waals surface area contributed by atoms with Crippen LogP contribution in [0.2, 0.25) is 0 Å². The van der Waals surface area contributed by atoms with Crippen LogP contribution in [0.1, 0.15) is 11.1 Å². The molecule has 0 spiro atoms. The molecule has 0 atom stereocenters. The maximum atomic E-state index is 9.32. The van der Waals surface area contributed by atoms with E-state index in [-0.39, 0.29) is 13.2 Å². The van der Waals surface area contributed by atoms with E-state index in [0.717, 1.165) is 5.56 Å². The number of nitrogens with zero attached hydrogens (tertiary/aromatic N) is 3. The number of ether oxygens (including phenoxy) is 2. The Morgan fingerprint density at radius 2 is 2.04 bits per heavy atom. The number of hydrogen-bond acceptors (Lipinski definition) is 5. The van der Waals surface area contributed by atoms with Crippen molar-refractivity contribution >= 4 is 0 Å². The zero-order chi connectivity index (χ0) is 17.5. The lowest BCUT2D eigenvalue weighted by Gasteiger charge is -2.11. The molecule has 0 unspecified atom stereocenters. The summed E-state index contributed by atoms with van der Waals surface area (Å²) in [4.78, 5) is 4.02. The topological polar surface area (TPSA) is 80.3 Å². The van der Waals surface area contributed by atoms with Crippen molar-refractivity contribution in [3.8, 4) is 23.3 Å². The van der Waals surface area contributed by atoms with Crippen LogP contribution in [0, 0.1) is 11.3 Å². The predicted octanol–water partition coefficient (Wildman–Crippen LogP) is 2.97. The van der Waals surface area contributed by atoms with Crippen LogP contribution in [0.5, 0.6) is 17.2 Å². The fraction of sp³-hybridized carbons (Fsp3) is 0.158. The monoisotopic (exact) mass is 335 g/mol. The lowest BCUT2D eigenvalue weighted by molar-refractivity contribution is 0.201. The van der Waals surface area contributed by atoms with E-state index in [2.05, 4.69) is 11.1 Å². The second-order valence-corrected chi connectivity index (χ2v) is 5.33. The van der Waals surface area contributed by atoms with Gasteiger partial charge in [-0.15, -0.1) is 0 Å². The summed E-state index contributed by atoms with van der Waals surface area (Å²) >= 11 is 0. The molecule has 0 saturated heterocycles. The molecule has 0 amide bonds. The first-order valence-corrected chi connectivity index (χ1v) is 7.79. The van der Waals surface area contributed by atoms with Gasteiger partial charge in [0.15, 0.2) is 0 Å². The SMILES string of the molecule is N#Cc1ccc(Cn2ccnc2)cc1Oc1cccc(OCCO)c1. The lowest BCUT2D eigenvalue weighted by Crippen LogP contribution is -2.01. The van der Waals surface area contributed by atoms with E-state index < -0.39 is 0 Å². The van der Waals surface area contributed by atoms with Crippen LogP contribution in [-0.2, 0) is 6.54 Å². The van der Waals surface area contributed by atoms with Crippen molar-refractivity contribution in [2.24, 2.45) is 0 Å². The Kier molecular flexibility index (Phi) is 5.29. The highest BCUT2D eigenvalue weighted by molar-refractivity contribution is 5.48. The minimum absolute atomic E-state index is 0.0556. The number of aromatic nitrogens is 2. The van der Waals surface area contributed by atoms with E-state index in [1.807, 2.05) is 22.9 Å². The van der Waals surface area contributed by atoms with Crippen molar-refractivity contribution < 1.29 is 14.6 Å². The number of rotatable bonds is 7. The molecule has 25 heavy (non-hydrogen) atoms. The van der Waals surface area contributed by atoms with Crippen LogP contribution < -0.4 is 9.47 Å². The van der Waals surface area contributed by atoms with Gasteiger partial charge in [0.2, 0.25) is 0 Å². The molecule has 3 rings (SSSR count). The van der Waals surface area contributed by atoms with Crippen molar-refractivity contribution in [1.29, 1.82) is 5.26 Å². The molecule has 3 aromatic rings. The highest BCUT2D eigenvalue weighted by atomic mass is 16.5. The van der Waals surface area contributed by atoms with Crippen molar-refractivity contribution in [3.63, 3.8) is 0 Å². The maximum Gasteiger partial charge on any atom is 0.145 e. The molecule has 6 nitrogen and oxygen atoms in total. The van der Waals surface area contributed by atoms with E-state index >= 15 is 0 Å². The largest absolute Gasteiger partial charge is 0.491 e. The van der Waals surface area contributed by atoms with Crippen molar-refractivity contribution in [2.45, 2.75) is 6.54 Å². The van der Waals surface area contributed by atoms with Gasteiger partial charge < -0.3 is 19.1 Å². The van der Waals surface area contributed by atoms with E-state index in [4.69, 9.17) is 14.6 Å². The summed E-state index contributed by atoms with van der Waals surface area (Å²) in [6, 6.07) is 14.7. The Morgan fingerprint density at radius 3 is 2.80 bits per heavy atom. The molecule has 0 aliphatic heterocycles. The highest BCUT2D eigenvalue weighted by Gasteiger charge is 2.08. The first kappa shape index (κ1) is 16.6. The van der Waals surface area contributed by atoms with E-state index in [1.165, 1.54) is 0 Å². The van der Waals surface area contributed by atoms with E-state index in [0.29, 0.717) is 29.4 Å². The van der Waals surface area contributed by atoms with Crippen LogP contribution in [-0.4, -0.2) is 27.9 Å². The first-order valence-electron chi connectivity index (χ1n) is 7.79. The molecule has 0 aliphatic rings. The third kappa shape index (κ3) is 4.37. The zero-order valence-corrected chi connectivity index (χ0v) is 13.5. The smallest absolute Gasteiger partial charge is 0.145 e. The number of nitriles is 1. The molecule has 6 heteroatoms. The third-order valence-electron chi connectivity index (χ3n) is 3.48. The van der Waals surface area contributed by atoms with Crippen LogP contribution in [0.3, 0.4) is 0 Å². The Hall–Kier alpha value is -3.30. The number of hydrogen-bond donors (Lipinski definition) is 1. The van der Waals surface area contributed by atoms with E-state index in [1.54, 1.807) is 42.9 Å². The maximum absolute atomic E-state index is 9.32. The second kappa shape index (κ2) is 7.99. The summed E-state index contributed by atoms with van der Waals surface area (Å²) in [5.74, 6) is 1.64. The number of benzene rings is 2. The van der Waals surface area contributed by atoms with Gasteiger partial charge >= 0.3 is 0 Å². The van der Waals surface area contributed by atoms with Crippen molar-refractivity contribution in [1.82, 2.24) is 9.55 Å². The molecule has 0 bridgehead atoms. The zero-order valence-electron chi connectivity index (χ0n) is 13.5. The number of aliphatic hydroxyl groups is 1. The normalized spacial score (nSPS) is 10.2. The van der Waals surface area contributed by atoms with Gasteiger partial charge in [-0.25, -0.2) is 4.98 Å². The van der Waals surface area contributed by atoms with Crippen LogP contribution in [0.15, 0.2) is 61.2 Å². The third-order valence-corrected chi connectivity index (χ3v) is 3.48. The Bertz CT molecular complexity index is 870. The van der Waals surface area contributed by atoms with Gasteiger partial charge in [-0.2, -0.15) is 5.26 Å². The summed E-state index contributed by atoms with van der Waals surface area (Å²) in [5.41, 5.74) is 1.45. The fourth-order valence-corrected chi connectivity index (χ4v) is 2.35. The Labute approximate surface area is 145 Å². The summed E-state index contributed by atoms with van der Waals surface area (Å²) in [6.45, 7) is 0.801. The average Bonchev–Trinajstić information content (AvgIpc) is 3.14. The highest BCUT2D eigenvalue weighted by Crippen LogP contribution is 2.29. The number of aliphatic hydroxyl groups excluding tert-OH is 1. The molecule has 0 fully saturated rings. The summed E-state index contributed by atoms with van der Waals surface area (Å²) in [5, 5.41) is 18.2. The Morgan fingerprint density at radius 1 is 1.16 bits per heavy atom. The van der Waals surface area contributed by atoms with E-state index in [9.17, 15) is 5.26 Å². The minimum Gasteiger partial charge on any atom is -0.491 e. The van der Waals surface area contributed by atoms with Gasteiger partial charge in [0, 0.05) is 25.0 Å². The number of imidazole rings is 1. The average molecular weight is 335 g/mol. The molecule has 126 valence electrons. The van der Waals surface area contributed by atoms with Crippen LogP contribution >= 0.6 is 0 Å². The fourth-order valence-electron chi connectivity index (χ4n) is 2.35. The van der Waals surface area contributed by atoms with Crippen molar-refractivity contribution in [2.75, 3.05) is 13.2 Å². The van der Waals surface area contributed by atoms with Crippen LogP contribution in [0.25, 0.3) is 0 Å². The first-order chi connectivity index (χ1) is 12.3. The molecule has 1 N–H and O–H groups in total. The van der Waals surface area contributed by atoms with Gasteiger partial charge in [0.05, 0.1) is 18.5 Å². The van der Waals surface area contributed by atoms with Gasteiger partial charge in [0.25, 0.3) is 0 Å². The van der Waals surface area contributed by atoms with Gasteiger partial charge in [-0.3, -0.25) is 0 Å². The molecule has 2 aromatic carbocycles. The predicted molar refractivity (Wildman–Crippen MR) is 91.6 cm³/mol. The molecule has 0 saturated carbocycles. The second-order valence-electron chi connectivity index (χ2n) is 5.33. The molecule has 1 heterocycles. The van der Waals surface area contributed by atoms with Gasteiger partial charge in [-0.1, -0.05) is 12.1 Å². The minimum atomic E-state index is -0.0556. The molecule has 0 radical (unpaired) electrons. The molecule has 0 aliphatic carbocycles. The van der Waals surface area contributed by atoms with Crippen LogP contribution in [0.4, 0.5) is 0 Å². The Balaban J connectivity index is 1.82. The van der Waals surface area contributed by atoms with Gasteiger partial charge in [0.1, 0.15) is 29.9 Å². The quantitative estimate of drug-likeness (QED) is 0.718. The summed E-state index contributed by atoms with van der Waals surface area (Å²) < 4.78 is 13.2. The lowest BCUT2D eigenvalue weighted by atomic mass is 10.1. The summed E-state index contributed by atoms with van der Waals surface area (Å²) in [7, 11) is 0. The van der Waals surface area contributed by atoms with Gasteiger partial charge in [-0.05, 0) is 29.8 Å². The molecule has 1 aromatic heterocycles. The molecular weight excluding hydrogens is 318 g/mol.